The van der Waals surface area contributed by atoms with E-state index in [0.717, 1.165) is 10.4 Å². The van der Waals surface area contributed by atoms with Crippen LogP contribution in [0.4, 0.5) is 5.69 Å². The Hall–Kier alpha value is -1.04. The van der Waals surface area contributed by atoms with Gasteiger partial charge in [0, 0.05) is 11.9 Å². The van der Waals surface area contributed by atoms with Crippen molar-refractivity contribution >= 4 is 38.6 Å². The van der Waals surface area contributed by atoms with Crippen LogP contribution in [-0.2, 0) is 15.9 Å². The van der Waals surface area contributed by atoms with Crippen molar-refractivity contribution < 1.29 is 8.42 Å². The second kappa shape index (κ2) is 5.53. The molecule has 0 spiro atoms. The lowest BCUT2D eigenvalue weighted by atomic mass is 10.3. The van der Waals surface area contributed by atoms with Crippen molar-refractivity contribution in [2.45, 2.75) is 17.0 Å². The highest BCUT2D eigenvalue weighted by Crippen LogP contribution is 2.30. The SMILES string of the molecule is Cc1cc(S(=O)(=O)N(C)c2ccccc2)sc1CCl. The number of hydrogen-bond acceptors (Lipinski definition) is 3. The number of halogens is 1. The molecule has 1 aromatic heterocycles. The highest BCUT2D eigenvalue weighted by molar-refractivity contribution is 7.94. The molecule has 0 N–H and O–H groups in total. The topological polar surface area (TPSA) is 37.4 Å². The van der Waals surface area contributed by atoms with Crippen LogP contribution in [-0.4, -0.2) is 15.5 Å². The van der Waals surface area contributed by atoms with E-state index in [9.17, 15) is 8.42 Å². The first-order valence-corrected chi connectivity index (χ1v) is 8.45. The lowest BCUT2D eigenvalue weighted by molar-refractivity contribution is 0.596. The van der Waals surface area contributed by atoms with Crippen molar-refractivity contribution in [2.75, 3.05) is 11.4 Å². The molecule has 0 aliphatic carbocycles. The van der Waals surface area contributed by atoms with Crippen molar-refractivity contribution in [3.8, 4) is 0 Å². The Morgan fingerprint density at radius 1 is 1.26 bits per heavy atom. The van der Waals surface area contributed by atoms with Gasteiger partial charge in [-0.2, -0.15) is 0 Å². The fourth-order valence-electron chi connectivity index (χ4n) is 1.66. The fourth-order valence-corrected chi connectivity index (χ4v) is 4.84. The molecule has 0 amide bonds. The zero-order chi connectivity index (χ0) is 14.0. The molecule has 0 aliphatic rings. The van der Waals surface area contributed by atoms with E-state index in [0.29, 0.717) is 15.8 Å². The minimum atomic E-state index is -3.51. The molecule has 1 heterocycles. The number of para-hydroxylation sites is 1. The van der Waals surface area contributed by atoms with Crippen LogP contribution in [0.1, 0.15) is 10.4 Å². The van der Waals surface area contributed by atoms with E-state index < -0.39 is 10.0 Å². The molecule has 2 rings (SSSR count). The van der Waals surface area contributed by atoms with Gasteiger partial charge in [0.1, 0.15) is 4.21 Å². The Balaban J connectivity index is 2.42. The summed E-state index contributed by atoms with van der Waals surface area (Å²) < 4.78 is 26.6. The van der Waals surface area contributed by atoms with Crippen LogP contribution in [0.3, 0.4) is 0 Å². The van der Waals surface area contributed by atoms with E-state index in [4.69, 9.17) is 11.6 Å². The summed E-state index contributed by atoms with van der Waals surface area (Å²) in [5, 5.41) is 0. The number of anilines is 1. The highest BCUT2D eigenvalue weighted by atomic mass is 35.5. The Morgan fingerprint density at radius 3 is 2.42 bits per heavy atom. The van der Waals surface area contributed by atoms with Gasteiger partial charge in [-0.1, -0.05) is 18.2 Å². The third-order valence-corrected chi connectivity index (χ3v) is 6.75. The Morgan fingerprint density at radius 2 is 1.89 bits per heavy atom. The van der Waals surface area contributed by atoms with E-state index >= 15 is 0 Å². The van der Waals surface area contributed by atoms with Crippen LogP contribution >= 0.6 is 22.9 Å². The van der Waals surface area contributed by atoms with Crippen LogP contribution in [0, 0.1) is 6.92 Å². The van der Waals surface area contributed by atoms with Crippen molar-refractivity contribution in [2.24, 2.45) is 0 Å². The van der Waals surface area contributed by atoms with Gasteiger partial charge in [-0.15, -0.1) is 22.9 Å². The standard InChI is InChI=1S/C13H14ClNO2S2/c1-10-8-13(18-12(10)9-14)19(16,17)15(2)11-6-4-3-5-7-11/h3-8H,9H2,1-2H3. The van der Waals surface area contributed by atoms with Gasteiger partial charge in [0.15, 0.2) is 0 Å². The van der Waals surface area contributed by atoms with Crippen molar-refractivity contribution in [3.63, 3.8) is 0 Å². The number of nitrogens with zero attached hydrogens (tertiary/aromatic N) is 1. The van der Waals surface area contributed by atoms with Crippen LogP contribution in [0.25, 0.3) is 0 Å². The summed E-state index contributed by atoms with van der Waals surface area (Å²) in [6.45, 7) is 1.87. The van der Waals surface area contributed by atoms with E-state index in [-0.39, 0.29) is 0 Å². The first-order valence-electron chi connectivity index (χ1n) is 5.66. The third kappa shape index (κ3) is 2.78. The first kappa shape index (κ1) is 14.4. The number of alkyl halides is 1. The average molecular weight is 316 g/mol. The van der Waals surface area contributed by atoms with Crippen molar-refractivity contribution in [1.29, 1.82) is 0 Å². The lowest BCUT2D eigenvalue weighted by Crippen LogP contribution is -2.25. The molecular formula is C13H14ClNO2S2. The minimum Gasteiger partial charge on any atom is -0.269 e. The summed E-state index contributed by atoms with van der Waals surface area (Å²) in [5.41, 5.74) is 1.56. The number of sulfonamides is 1. The minimum absolute atomic E-state index is 0.326. The molecule has 19 heavy (non-hydrogen) atoms. The normalized spacial score (nSPS) is 11.5. The zero-order valence-corrected chi connectivity index (χ0v) is 13.0. The quantitative estimate of drug-likeness (QED) is 0.808. The first-order chi connectivity index (χ1) is 8.96. The maximum absolute atomic E-state index is 12.5. The number of benzene rings is 1. The zero-order valence-electron chi connectivity index (χ0n) is 10.6. The van der Waals surface area contributed by atoms with Gasteiger partial charge >= 0.3 is 0 Å². The fraction of sp³-hybridized carbons (Fsp3) is 0.231. The van der Waals surface area contributed by atoms with E-state index in [1.807, 2.05) is 25.1 Å². The summed E-state index contributed by atoms with van der Waals surface area (Å²) in [7, 11) is -1.95. The molecule has 6 heteroatoms. The second-order valence-electron chi connectivity index (χ2n) is 4.11. The number of thiophene rings is 1. The predicted octanol–water partition coefficient (Wildman–Crippen LogP) is 3.62. The monoisotopic (exact) mass is 315 g/mol. The molecule has 0 saturated heterocycles. The molecule has 1 aromatic carbocycles. The molecule has 0 atom stereocenters. The number of rotatable bonds is 4. The summed E-state index contributed by atoms with van der Waals surface area (Å²) in [6, 6.07) is 10.7. The molecule has 0 saturated carbocycles. The third-order valence-electron chi connectivity index (χ3n) is 2.85. The van der Waals surface area contributed by atoms with Gasteiger partial charge < -0.3 is 0 Å². The van der Waals surface area contributed by atoms with Gasteiger partial charge in [0.25, 0.3) is 10.0 Å². The van der Waals surface area contributed by atoms with Gasteiger partial charge in [0.2, 0.25) is 0 Å². The summed E-state index contributed by atoms with van der Waals surface area (Å²) in [5.74, 6) is 0.334. The molecule has 0 aliphatic heterocycles. The molecule has 102 valence electrons. The van der Waals surface area contributed by atoms with Crippen LogP contribution in [0.5, 0.6) is 0 Å². The largest absolute Gasteiger partial charge is 0.273 e. The Bertz CT molecular complexity index is 665. The smallest absolute Gasteiger partial charge is 0.269 e. The Labute approximate surface area is 122 Å². The van der Waals surface area contributed by atoms with Gasteiger partial charge in [-0.25, -0.2) is 8.42 Å². The molecule has 0 bridgehead atoms. The van der Waals surface area contributed by atoms with Crippen LogP contribution < -0.4 is 4.31 Å². The van der Waals surface area contributed by atoms with E-state index in [1.54, 1.807) is 25.2 Å². The maximum atomic E-state index is 12.5. The molecular weight excluding hydrogens is 302 g/mol. The van der Waals surface area contributed by atoms with E-state index in [1.165, 1.54) is 15.6 Å². The molecule has 2 aromatic rings. The number of hydrogen-bond donors (Lipinski definition) is 0. The predicted molar refractivity (Wildman–Crippen MR) is 80.6 cm³/mol. The van der Waals surface area contributed by atoms with Crippen LogP contribution in [0.15, 0.2) is 40.6 Å². The second-order valence-corrected chi connectivity index (χ2v) is 7.71. The molecule has 0 radical (unpaired) electrons. The Kier molecular flexibility index (Phi) is 4.18. The summed E-state index contributed by atoms with van der Waals surface area (Å²) in [4.78, 5) is 0.890. The number of aryl methyl sites for hydroxylation is 1. The molecule has 0 unspecified atom stereocenters. The van der Waals surface area contributed by atoms with Crippen molar-refractivity contribution in [1.82, 2.24) is 0 Å². The molecule has 3 nitrogen and oxygen atoms in total. The summed E-state index contributed by atoms with van der Waals surface area (Å²) in [6.07, 6.45) is 0. The van der Waals surface area contributed by atoms with Gasteiger partial charge in [-0.05, 0) is 30.7 Å². The van der Waals surface area contributed by atoms with Crippen molar-refractivity contribution in [3.05, 3.63) is 46.8 Å². The highest BCUT2D eigenvalue weighted by Gasteiger charge is 2.24. The van der Waals surface area contributed by atoms with Crippen LogP contribution in [0.2, 0.25) is 0 Å². The summed E-state index contributed by atoms with van der Waals surface area (Å²) >= 11 is 7.02. The van der Waals surface area contributed by atoms with E-state index in [2.05, 4.69) is 0 Å². The average Bonchev–Trinajstić information content (AvgIpc) is 2.81. The van der Waals surface area contributed by atoms with Gasteiger partial charge in [0.05, 0.1) is 11.6 Å². The van der Waals surface area contributed by atoms with Gasteiger partial charge in [-0.3, -0.25) is 4.31 Å². The maximum Gasteiger partial charge on any atom is 0.273 e. The lowest BCUT2D eigenvalue weighted by Gasteiger charge is -2.18. The molecule has 0 fully saturated rings.